The second-order valence-corrected chi connectivity index (χ2v) is 4.50. The maximum Gasteiger partial charge on any atom is 0.119 e. The van der Waals surface area contributed by atoms with Crippen molar-refractivity contribution in [1.29, 1.82) is 0 Å². The van der Waals surface area contributed by atoms with E-state index in [9.17, 15) is 5.11 Å². The highest BCUT2D eigenvalue weighted by molar-refractivity contribution is 5.27. The van der Waals surface area contributed by atoms with Crippen LogP contribution in [0.2, 0.25) is 0 Å². The molecule has 0 amide bonds. The van der Waals surface area contributed by atoms with Crippen LogP contribution in [0.1, 0.15) is 30.7 Å². The molecule has 1 atom stereocenters. The molecule has 1 heterocycles. The molecule has 0 aliphatic heterocycles. The summed E-state index contributed by atoms with van der Waals surface area (Å²) in [4.78, 5) is 0. The van der Waals surface area contributed by atoms with Crippen LogP contribution in [0.5, 0.6) is 5.75 Å². The highest BCUT2D eigenvalue weighted by Gasteiger charge is 2.09. The zero-order valence-corrected chi connectivity index (χ0v) is 11.3. The smallest absolute Gasteiger partial charge is 0.119 e. The van der Waals surface area contributed by atoms with Gasteiger partial charge in [-0.2, -0.15) is 0 Å². The van der Waals surface area contributed by atoms with Gasteiger partial charge >= 0.3 is 0 Å². The summed E-state index contributed by atoms with van der Waals surface area (Å²) >= 11 is 0. The molecule has 1 aromatic carbocycles. The van der Waals surface area contributed by atoms with Gasteiger partial charge in [-0.1, -0.05) is 24.3 Å². The topological polar surface area (TPSA) is 60.2 Å². The lowest BCUT2D eigenvalue weighted by atomic mass is 10.2. The molecule has 5 heteroatoms. The number of ether oxygens (including phenoxy) is 1. The normalized spacial score (nSPS) is 12.4. The highest BCUT2D eigenvalue weighted by Crippen LogP contribution is 2.13. The molecule has 2 aromatic rings. The van der Waals surface area contributed by atoms with Crippen LogP contribution in [0.25, 0.3) is 0 Å². The molecular formula is C14H19N3O2. The van der Waals surface area contributed by atoms with Crippen molar-refractivity contribution in [3.63, 3.8) is 0 Å². The number of hydrogen-bond donors (Lipinski definition) is 1. The monoisotopic (exact) mass is 261 g/mol. The first-order valence-electron chi connectivity index (χ1n) is 6.46. The zero-order valence-electron chi connectivity index (χ0n) is 11.3. The van der Waals surface area contributed by atoms with Crippen molar-refractivity contribution in [2.45, 2.75) is 32.9 Å². The Morgan fingerprint density at radius 3 is 3.00 bits per heavy atom. The van der Waals surface area contributed by atoms with E-state index in [1.165, 1.54) is 5.56 Å². The van der Waals surface area contributed by atoms with Gasteiger partial charge in [0.2, 0.25) is 0 Å². The van der Waals surface area contributed by atoms with Gasteiger partial charge in [-0.3, -0.25) is 0 Å². The number of hydrogen-bond acceptors (Lipinski definition) is 4. The fourth-order valence-corrected chi connectivity index (χ4v) is 1.75. The number of aliphatic hydroxyl groups excluding tert-OH is 1. The van der Waals surface area contributed by atoms with Crippen LogP contribution >= 0.6 is 0 Å². The maximum absolute atomic E-state index is 9.63. The third kappa shape index (κ3) is 3.79. The van der Waals surface area contributed by atoms with Crippen LogP contribution < -0.4 is 4.74 Å². The Labute approximate surface area is 112 Å². The average molecular weight is 261 g/mol. The summed E-state index contributed by atoms with van der Waals surface area (Å²) in [6, 6.07) is 7.92. The summed E-state index contributed by atoms with van der Waals surface area (Å²) in [5.41, 5.74) is 1.78. The standard InChI is InChI=1S/C14H19N3O2/c1-3-14(18)13-10-17(16-15-13)7-8-19-12-6-4-5-11(2)9-12/h4-6,9-10,14,18H,3,7-8H2,1-2H3. The molecule has 0 saturated heterocycles. The maximum atomic E-state index is 9.63. The second kappa shape index (κ2) is 6.33. The molecule has 1 aromatic heterocycles. The molecule has 0 spiro atoms. The minimum atomic E-state index is -0.536. The molecule has 0 radical (unpaired) electrons. The number of rotatable bonds is 6. The third-order valence-electron chi connectivity index (χ3n) is 2.86. The number of aryl methyl sites for hydroxylation is 1. The Bertz CT molecular complexity index is 525. The minimum Gasteiger partial charge on any atom is -0.492 e. The number of nitrogens with zero attached hydrogens (tertiary/aromatic N) is 3. The summed E-state index contributed by atoms with van der Waals surface area (Å²) < 4.78 is 7.32. The molecule has 1 unspecified atom stereocenters. The average Bonchev–Trinajstić information content (AvgIpc) is 2.87. The predicted octanol–water partition coefficient (Wildman–Crippen LogP) is 2.11. The van der Waals surface area contributed by atoms with E-state index in [-0.39, 0.29) is 0 Å². The van der Waals surface area contributed by atoms with Crippen molar-refractivity contribution >= 4 is 0 Å². The third-order valence-corrected chi connectivity index (χ3v) is 2.86. The van der Waals surface area contributed by atoms with Crippen molar-refractivity contribution in [2.24, 2.45) is 0 Å². The van der Waals surface area contributed by atoms with Crippen molar-refractivity contribution < 1.29 is 9.84 Å². The van der Waals surface area contributed by atoms with Gasteiger partial charge in [0.25, 0.3) is 0 Å². The number of aliphatic hydroxyl groups is 1. The first kappa shape index (κ1) is 13.5. The summed E-state index contributed by atoms with van der Waals surface area (Å²) in [5.74, 6) is 0.855. The lowest BCUT2D eigenvalue weighted by Gasteiger charge is -2.06. The van der Waals surface area contributed by atoms with Gasteiger partial charge in [-0.25, -0.2) is 4.68 Å². The van der Waals surface area contributed by atoms with Crippen molar-refractivity contribution in [1.82, 2.24) is 15.0 Å². The number of benzene rings is 1. The lowest BCUT2D eigenvalue weighted by Crippen LogP contribution is -2.08. The fraction of sp³-hybridized carbons (Fsp3) is 0.429. The van der Waals surface area contributed by atoms with Crippen LogP contribution in [0.3, 0.4) is 0 Å². The van der Waals surface area contributed by atoms with E-state index >= 15 is 0 Å². The van der Waals surface area contributed by atoms with Gasteiger partial charge in [0.05, 0.1) is 18.8 Å². The first-order chi connectivity index (χ1) is 9.19. The van der Waals surface area contributed by atoms with E-state index in [0.29, 0.717) is 25.3 Å². The van der Waals surface area contributed by atoms with Crippen LogP contribution in [0, 0.1) is 6.92 Å². The Balaban J connectivity index is 1.84. The van der Waals surface area contributed by atoms with Crippen molar-refractivity contribution in [3.8, 4) is 5.75 Å². The van der Waals surface area contributed by atoms with E-state index in [2.05, 4.69) is 10.3 Å². The largest absolute Gasteiger partial charge is 0.492 e. The van der Waals surface area contributed by atoms with Gasteiger partial charge in [0, 0.05) is 0 Å². The van der Waals surface area contributed by atoms with Crippen LogP contribution in [-0.4, -0.2) is 26.7 Å². The van der Waals surface area contributed by atoms with E-state index in [1.807, 2.05) is 38.1 Å². The second-order valence-electron chi connectivity index (χ2n) is 4.50. The van der Waals surface area contributed by atoms with Crippen molar-refractivity contribution in [2.75, 3.05) is 6.61 Å². The van der Waals surface area contributed by atoms with E-state index in [1.54, 1.807) is 10.9 Å². The Morgan fingerprint density at radius 2 is 2.26 bits per heavy atom. The summed E-state index contributed by atoms with van der Waals surface area (Å²) in [7, 11) is 0. The van der Waals surface area contributed by atoms with Gasteiger partial charge in [-0.05, 0) is 31.0 Å². The van der Waals surface area contributed by atoms with E-state index < -0.39 is 6.10 Å². The van der Waals surface area contributed by atoms with Gasteiger partial charge in [-0.15, -0.1) is 5.10 Å². The molecule has 0 saturated carbocycles. The van der Waals surface area contributed by atoms with Gasteiger partial charge < -0.3 is 9.84 Å². The van der Waals surface area contributed by atoms with Crippen molar-refractivity contribution in [3.05, 3.63) is 41.7 Å². The molecule has 0 aliphatic rings. The molecular weight excluding hydrogens is 242 g/mol. The highest BCUT2D eigenvalue weighted by atomic mass is 16.5. The zero-order chi connectivity index (χ0) is 13.7. The molecule has 1 N–H and O–H groups in total. The molecule has 102 valence electrons. The molecule has 19 heavy (non-hydrogen) atoms. The lowest BCUT2D eigenvalue weighted by molar-refractivity contribution is 0.168. The molecule has 0 bridgehead atoms. The Morgan fingerprint density at radius 1 is 1.42 bits per heavy atom. The quantitative estimate of drug-likeness (QED) is 0.865. The van der Waals surface area contributed by atoms with Crippen LogP contribution in [0.15, 0.2) is 30.5 Å². The summed E-state index contributed by atoms with van der Waals surface area (Å²) in [5, 5.41) is 17.5. The predicted molar refractivity (Wildman–Crippen MR) is 71.9 cm³/mol. The van der Waals surface area contributed by atoms with Crippen LogP contribution in [-0.2, 0) is 6.54 Å². The van der Waals surface area contributed by atoms with E-state index in [0.717, 1.165) is 5.75 Å². The fourth-order valence-electron chi connectivity index (χ4n) is 1.75. The summed E-state index contributed by atoms with van der Waals surface area (Å²) in [6.45, 7) is 5.07. The number of aromatic nitrogens is 3. The van der Waals surface area contributed by atoms with E-state index in [4.69, 9.17) is 4.74 Å². The van der Waals surface area contributed by atoms with Gasteiger partial charge in [0.15, 0.2) is 0 Å². The molecule has 0 aliphatic carbocycles. The first-order valence-corrected chi connectivity index (χ1v) is 6.46. The molecule has 5 nitrogen and oxygen atoms in total. The van der Waals surface area contributed by atoms with Crippen LogP contribution in [0.4, 0.5) is 0 Å². The SMILES string of the molecule is CCC(O)c1cn(CCOc2cccc(C)c2)nn1. The Hall–Kier alpha value is -1.88. The molecule has 2 rings (SSSR count). The Kier molecular flexibility index (Phi) is 4.52. The molecule has 0 fully saturated rings. The minimum absolute atomic E-state index is 0.522. The summed E-state index contributed by atoms with van der Waals surface area (Å²) in [6.07, 6.45) is 1.86. The van der Waals surface area contributed by atoms with Gasteiger partial charge in [0.1, 0.15) is 18.1 Å².